The van der Waals surface area contributed by atoms with Crippen molar-refractivity contribution in [2.24, 2.45) is 0 Å². The van der Waals surface area contributed by atoms with E-state index < -0.39 is 28.5 Å². The van der Waals surface area contributed by atoms with Crippen LogP contribution in [0.15, 0.2) is 83.8 Å². The van der Waals surface area contributed by atoms with E-state index in [4.69, 9.17) is 16.3 Å². The fraction of sp³-hybridized carbons (Fsp3) is 0.355. The minimum atomic E-state index is -4.22. The highest BCUT2D eigenvalue weighted by molar-refractivity contribution is 7.92. The molecule has 3 aromatic rings. The Morgan fingerprint density at radius 1 is 0.951 bits per heavy atom. The average Bonchev–Trinajstić information content (AvgIpc) is 2.97. The summed E-state index contributed by atoms with van der Waals surface area (Å²) < 4.78 is 34.8. The molecule has 0 aliphatic heterocycles. The molecule has 0 radical (unpaired) electrons. The van der Waals surface area contributed by atoms with E-state index >= 15 is 0 Å². The van der Waals surface area contributed by atoms with Crippen LogP contribution in [0, 0.1) is 0 Å². The molecule has 0 fully saturated rings. The Kier molecular flexibility index (Phi) is 12.0. The molecular weight excluding hydrogens is 562 g/mol. The van der Waals surface area contributed by atoms with E-state index in [9.17, 15) is 18.0 Å². The van der Waals surface area contributed by atoms with Gasteiger partial charge in [-0.1, -0.05) is 67.4 Å². The number of hydrogen-bond acceptors (Lipinski definition) is 5. The van der Waals surface area contributed by atoms with Crippen molar-refractivity contribution in [3.05, 3.63) is 89.4 Å². The maximum atomic E-state index is 14.0. The minimum Gasteiger partial charge on any atom is -0.492 e. The van der Waals surface area contributed by atoms with Gasteiger partial charge in [0.15, 0.2) is 0 Å². The van der Waals surface area contributed by atoms with Crippen LogP contribution in [0.5, 0.6) is 5.75 Å². The van der Waals surface area contributed by atoms with E-state index in [0.29, 0.717) is 30.3 Å². The molecule has 1 atom stereocenters. The van der Waals surface area contributed by atoms with Crippen LogP contribution >= 0.6 is 11.6 Å². The number of unbranched alkanes of at least 4 members (excludes halogenated alkanes) is 1. The van der Waals surface area contributed by atoms with Gasteiger partial charge < -0.3 is 15.0 Å². The molecule has 0 aliphatic rings. The normalized spacial score (nSPS) is 11.9. The third-order valence-electron chi connectivity index (χ3n) is 6.60. The average molecular weight is 600 g/mol. The molecule has 41 heavy (non-hydrogen) atoms. The number of amides is 2. The van der Waals surface area contributed by atoms with Crippen molar-refractivity contribution in [1.29, 1.82) is 0 Å². The van der Waals surface area contributed by atoms with Gasteiger partial charge in [-0.15, -0.1) is 0 Å². The third-order valence-corrected chi connectivity index (χ3v) is 8.62. The fourth-order valence-corrected chi connectivity index (χ4v) is 5.84. The van der Waals surface area contributed by atoms with Crippen molar-refractivity contribution in [1.82, 2.24) is 10.2 Å². The fourth-order valence-electron chi connectivity index (χ4n) is 4.29. The van der Waals surface area contributed by atoms with E-state index in [0.717, 1.165) is 22.7 Å². The van der Waals surface area contributed by atoms with Crippen LogP contribution in [-0.4, -0.2) is 57.4 Å². The Balaban J connectivity index is 2.00. The van der Waals surface area contributed by atoms with Gasteiger partial charge in [0.25, 0.3) is 10.0 Å². The van der Waals surface area contributed by atoms with Gasteiger partial charge in [0, 0.05) is 18.1 Å². The lowest BCUT2D eigenvalue weighted by Gasteiger charge is -2.32. The molecule has 1 N–H and O–H groups in total. The smallest absolute Gasteiger partial charge is 0.264 e. The SMILES string of the molecule is CCCCNC(=O)[C@H](C)N(CCc1ccccc1)C(=O)CN(c1ccccc1OCC)S(=O)(=O)c1ccc(Cl)cc1. The van der Waals surface area contributed by atoms with Gasteiger partial charge in [0.05, 0.1) is 17.2 Å². The largest absolute Gasteiger partial charge is 0.492 e. The van der Waals surface area contributed by atoms with Gasteiger partial charge in [-0.05, 0) is 68.7 Å². The van der Waals surface area contributed by atoms with Crippen LogP contribution in [0.25, 0.3) is 0 Å². The van der Waals surface area contributed by atoms with E-state index in [1.807, 2.05) is 37.3 Å². The summed E-state index contributed by atoms with van der Waals surface area (Å²) in [4.78, 5) is 28.5. The number of carbonyl (C=O) groups is 2. The van der Waals surface area contributed by atoms with E-state index in [-0.39, 0.29) is 23.0 Å². The molecule has 10 heteroatoms. The van der Waals surface area contributed by atoms with Gasteiger partial charge in [-0.2, -0.15) is 0 Å². The molecule has 8 nitrogen and oxygen atoms in total. The first-order chi connectivity index (χ1) is 19.7. The zero-order valence-electron chi connectivity index (χ0n) is 23.8. The summed E-state index contributed by atoms with van der Waals surface area (Å²) in [5.41, 5.74) is 1.22. The summed E-state index contributed by atoms with van der Waals surface area (Å²) in [6, 6.07) is 21.2. The van der Waals surface area contributed by atoms with Gasteiger partial charge in [0.2, 0.25) is 11.8 Å². The molecule has 0 saturated carbocycles. The first-order valence-electron chi connectivity index (χ1n) is 13.8. The van der Waals surface area contributed by atoms with Crippen LogP contribution in [0.2, 0.25) is 5.02 Å². The molecule has 0 heterocycles. The topological polar surface area (TPSA) is 96.0 Å². The standard InChI is InChI=1S/C31H38ClN3O5S/c1-4-6-21-33-31(37)24(3)34(22-20-25-12-8-7-9-13-25)30(36)23-35(28-14-10-11-15-29(28)40-5-2)41(38,39)27-18-16-26(32)17-19-27/h7-19,24H,4-6,20-23H2,1-3H3,(H,33,37)/t24-/m0/s1. The van der Waals surface area contributed by atoms with Gasteiger partial charge in [-0.25, -0.2) is 8.42 Å². The number of halogens is 1. The summed E-state index contributed by atoms with van der Waals surface area (Å²) in [7, 11) is -4.22. The molecule has 0 unspecified atom stereocenters. The van der Waals surface area contributed by atoms with Crippen LogP contribution in [0.3, 0.4) is 0 Å². The Morgan fingerprint density at radius 3 is 2.27 bits per heavy atom. The predicted octanol–water partition coefficient (Wildman–Crippen LogP) is 5.31. The molecule has 3 rings (SSSR count). The van der Waals surface area contributed by atoms with Gasteiger partial charge in [0.1, 0.15) is 18.3 Å². The number of sulfonamides is 1. The molecule has 220 valence electrons. The number of carbonyl (C=O) groups excluding carboxylic acids is 2. The van der Waals surface area contributed by atoms with Crippen LogP contribution in [0.1, 0.15) is 39.2 Å². The Labute approximate surface area is 248 Å². The first kappa shape index (κ1) is 32.0. The summed E-state index contributed by atoms with van der Waals surface area (Å²) >= 11 is 6.02. The highest BCUT2D eigenvalue weighted by Crippen LogP contribution is 2.33. The highest BCUT2D eigenvalue weighted by atomic mass is 35.5. The summed E-state index contributed by atoms with van der Waals surface area (Å²) in [6.07, 6.45) is 2.23. The second-order valence-corrected chi connectivity index (χ2v) is 11.8. The monoisotopic (exact) mass is 599 g/mol. The lowest BCUT2D eigenvalue weighted by molar-refractivity contribution is -0.138. The molecule has 3 aromatic carbocycles. The number of ether oxygens (including phenoxy) is 1. The lowest BCUT2D eigenvalue weighted by atomic mass is 10.1. The van der Waals surface area contributed by atoms with Crippen molar-refractivity contribution in [2.45, 2.75) is 51.0 Å². The van der Waals surface area contributed by atoms with Crippen molar-refractivity contribution >= 4 is 39.1 Å². The summed E-state index contributed by atoms with van der Waals surface area (Å²) in [6.45, 7) is 5.99. The molecule has 0 saturated heterocycles. The van der Waals surface area contributed by atoms with Crippen molar-refractivity contribution in [2.75, 3.05) is 30.5 Å². The van der Waals surface area contributed by atoms with Crippen LogP contribution in [-0.2, 0) is 26.0 Å². The zero-order chi connectivity index (χ0) is 29.8. The molecule has 0 bridgehead atoms. The van der Waals surface area contributed by atoms with Gasteiger partial charge >= 0.3 is 0 Å². The van der Waals surface area contributed by atoms with Crippen molar-refractivity contribution < 1.29 is 22.7 Å². The minimum absolute atomic E-state index is 0.0257. The second-order valence-electron chi connectivity index (χ2n) is 9.51. The van der Waals surface area contributed by atoms with E-state index in [2.05, 4.69) is 5.32 Å². The Morgan fingerprint density at radius 2 is 1.61 bits per heavy atom. The van der Waals surface area contributed by atoms with E-state index in [1.54, 1.807) is 38.1 Å². The number of rotatable bonds is 15. The third kappa shape index (κ3) is 8.71. The van der Waals surface area contributed by atoms with Crippen molar-refractivity contribution in [3.63, 3.8) is 0 Å². The molecule has 2 amide bonds. The van der Waals surface area contributed by atoms with Crippen LogP contribution < -0.4 is 14.4 Å². The molecule has 0 spiro atoms. The maximum Gasteiger partial charge on any atom is 0.264 e. The number of para-hydroxylation sites is 2. The molecular formula is C31H38ClN3O5S. The predicted molar refractivity (Wildman–Crippen MR) is 163 cm³/mol. The van der Waals surface area contributed by atoms with Gasteiger partial charge in [-0.3, -0.25) is 13.9 Å². The Bertz CT molecular complexity index is 1380. The Hall–Kier alpha value is -3.56. The summed E-state index contributed by atoms with van der Waals surface area (Å²) in [5.74, 6) is -0.480. The number of benzene rings is 3. The number of hydrogen-bond donors (Lipinski definition) is 1. The van der Waals surface area contributed by atoms with E-state index in [1.165, 1.54) is 29.2 Å². The lowest BCUT2D eigenvalue weighted by Crippen LogP contribution is -2.52. The quantitative estimate of drug-likeness (QED) is 0.239. The number of nitrogens with zero attached hydrogens (tertiary/aromatic N) is 2. The number of anilines is 1. The molecule has 0 aromatic heterocycles. The number of nitrogens with one attached hydrogen (secondary N) is 1. The maximum absolute atomic E-state index is 14.0. The van der Waals surface area contributed by atoms with Crippen LogP contribution in [0.4, 0.5) is 5.69 Å². The summed E-state index contributed by atoms with van der Waals surface area (Å²) in [5, 5.41) is 3.28. The zero-order valence-corrected chi connectivity index (χ0v) is 25.3. The molecule has 0 aliphatic carbocycles. The highest BCUT2D eigenvalue weighted by Gasteiger charge is 2.33. The first-order valence-corrected chi connectivity index (χ1v) is 15.6. The van der Waals surface area contributed by atoms with Crippen molar-refractivity contribution in [3.8, 4) is 5.75 Å². The second kappa shape index (κ2) is 15.4.